The molecule has 4 heteroatoms. The van der Waals surface area contributed by atoms with Crippen LogP contribution in [0.5, 0.6) is 0 Å². The summed E-state index contributed by atoms with van der Waals surface area (Å²) in [4.78, 5) is 17.5. The van der Waals surface area contributed by atoms with Crippen LogP contribution in [0.25, 0.3) is 0 Å². The fourth-order valence-corrected chi connectivity index (χ4v) is 1.38. The lowest BCUT2D eigenvalue weighted by molar-refractivity contribution is -0.130. The smallest absolute Gasteiger partial charge is 0.223 e. The van der Waals surface area contributed by atoms with Crippen LogP contribution in [0.4, 0.5) is 0 Å². The molecular weight excluding hydrogens is 202 g/mol. The van der Waals surface area contributed by atoms with Gasteiger partial charge < -0.3 is 10.6 Å². The summed E-state index contributed by atoms with van der Waals surface area (Å²) in [7, 11) is 1.80. The van der Waals surface area contributed by atoms with Crippen molar-refractivity contribution in [1.82, 2.24) is 9.88 Å². The van der Waals surface area contributed by atoms with E-state index in [1.54, 1.807) is 18.1 Å². The predicted molar refractivity (Wildman–Crippen MR) is 63.8 cm³/mol. The summed E-state index contributed by atoms with van der Waals surface area (Å²) in [6.45, 7) is 2.52. The van der Waals surface area contributed by atoms with E-state index in [1.165, 1.54) is 0 Å². The topological polar surface area (TPSA) is 59.2 Å². The molecule has 0 aliphatic carbocycles. The van der Waals surface area contributed by atoms with E-state index in [9.17, 15) is 4.79 Å². The van der Waals surface area contributed by atoms with Gasteiger partial charge in [0.2, 0.25) is 5.91 Å². The molecule has 1 aromatic rings. The summed E-state index contributed by atoms with van der Waals surface area (Å²) in [5.41, 5.74) is 6.58. The van der Waals surface area contributed by atoms with Crippen LogP contribution >= 0.6 is 0 Å². The van der Waals surface area contributed by atoms with Crippen LogP contribution < -0.4 is 5.73 Å². The second-order valence-electron chi connectivity index (χ2n) is 4.07. The molecule has 2 N–H and O–H groups in total. The molecule has 0 radical (unpaired) electrons. The van der Waals surface area contributed by atoms with E-state index >= 15 is 0 Å². The monoisotopic (exact) mass is 221 g/mol. The minimum atomic E-state index is -0.0789. The summed E-state index contributed by atoms with van der Waals surface area (Å²) < 4.78 is 0. The number of hydrogen-bond acceptors (Lipinski definition) is 3. The number of nitrogens with zero attached hydrogens (tertiary/aromatic N) is 2. The van der Waals surface area contributed by atoms with Gasteiger partial charge in [0.15, 0.2) is 0 Å². The SMILES string of the molecule is CC(N)CC(=O)N(C)CCc1ccccn1. The highest BCUT2D eigenvalue weighted by molar-refractivity contribution is 5.76. The van der Waals surface area contributed by atoms with E-state index in [0.29, 0.717) is 13.0 Å². The molecule has 0 saturated heterocycles. The van der Waals surface area contributed by atoms with Gasteiger partial charge in [-0.15, -0.1) is 0 Å². The van der Waals surface area contributed by atoms with E-state index in [2.05, 4.69) is 4.98 Å². The van der Waals surface area contributed by atoms with Gasteiger partial charge in [0.1, 0.15) is 0 Å². The van der Waals surface area contributed by atoms with Crippen molar-refractivity contribution >= 4 is 5.91 Å². The number of rotatable bonds is 5. The molecule has 0 aliphatic heterocycles. The molecule has 0 aromatic carbocycles. The van der Waals surface area contributed by atoms with Gasteiger partial charge in [-0.3, -0.25) is 9.78 Å². The summed E-state index contributed by atoms with van der Waals surface area (Å²) in [6.07, 6.45) is 2.94. The lowest BCUT2D eigenvalue weighted by atomic mass is 10.2. The van der Waals surface area contributed by atoms with Gasteiger partial charge in [-0.25, -0.2) is 0 Å². The molecular formula is C12H19N3O. The number of likely N-dealkylation sites (N-methyl/N-ethyl adjacent to an activating group) is 1. The molecule has 88 valence electrons. The molecule has 0 spiro atoms. The Labute approximate surface area is 96.5 Å². The van der Waals surface area contributed by atoms with Crippen LogP contribution in [0.3, 0.4) is 0 Å². The average Bonchev–Trinajstić information content (AvgIpc) is 2.26. The maximum atomic E-state index is 11.6. The molecule has 16 heavy (non-hydrogen) atoms. The maximum Gasteiger partial charge on any atom is 0.223 e. The Hall–Kier alpha value is -1.42. The summed E-state index contributed by atoms with van der Waals surface area (Å²) in [6, 6.07) is 5.72. The number of pyridine rings is 1. The molecule has 0 aliphatic rings. The van der Waals surface area contributed by atoms with Crippen molar-refractivity contribution < 1.29 is 4.79 Å². The number of carbonyl (C=O) groups excluding carboxylic acids is 1. The number of aromatic nitrogens is 1. The zero-order valence-electron chi connectivity index (χ0n) is 9.89. The molecule has 1 unspecified atom stereocenters. The third kappa shape index (κ3) is 4.40. The minimum Gasteiger partial charge on any atom is -0.345 e. The number of amides is 1. The van der Waals surface area contributed by atoms with Gasteiger partial charge >= 0.3 is 0 Å². The van der Waals surface area contributed by atoms with Gasteiger partial charge in [-0.05, 0) is 19.1 Å². The van der Waals surface area contributed by atoms with Gasteiger partial charge in [0, 0.05) is 44.4 Å². The second kappa shape index (κ2) is 6.23. The van der Waals surface area contributed by atoms with Gasteiger partial charge in [-0.2, -0.15) is 0 Å². The van der Waals surface area contributed by atoms with Crippen LogP contribution in [0.1, 0.15) is 19.0 Å². The van der Waals surface area contributed by atoms with Gasteiger partial charge in [0.25, 0.3) is 0 Å². The van der Waals surface area contributed by atoms with Crippen molar-refractivity contribution in [1.29, 1.82) is 0 Å². The summed E-state index contributed by atoms with van der Waals surface area (Å²) in [5.74, 6) is 0.0888. The van der Waals surface area contributed by atoms with Crippen LogP contribution in [0.15, 0.2) is 24.4 Å². The largest absolute Gasteiger partial charge is 0.345 e. The van der Waals surface area contributed by atoms with Crippen molar-refractivity contribution in [3.8, 4) is 0 Å². The average molecular weight is 221 g/mol. The molecule has 0 saturated carbocycles. The quantitative estimate of drug-likeness (QED) is 0.800. The van der Waals surface area contributed by atoms with Crippen molar-refractivity contribution in [2.45, 2.75) is 25.8 Å². The second-order valence-corrected chi connectivity index (χ2v) is 4.07. The van der Waals surface area contributed by atoms with Gasteiger partial charge in [-0.1, -0.05) is 6.07 Å². The van der Waals surface area contributed by atoms with Crippen LogP contribution in [-0.2, 0) is 11.2 Å². The molecule has 4 nitrogen and oxygen atoms in total. The van der Waals surface area contributed by atoms with E-state index in [4.69, 9.17) is 5.73 Å². The zero-order chi connectivity index (χ0) is 12.0. The lowest BCUT2D eigenvalue weighted by Gasteiger charge is -2.17. The third-order valence-corrected chi connectivity index (χ3v) is 2.35. The van der Waals surface area contributed by atoms with E-state index in [0.717, 1.165) is 12.1 Å². The lowest BCUT2D eigenvalue weighted by Crippen LogP contribution is -2.33. The first-order chi connectivity index (χ1) is 7.59. The molecule has 1 atom stereocenters. The molecule has 0 fully saturated rings. The Morgan fingerprint density at radius 3 is 2.88 bits per heavy atom. The number of carbonyl (C=O) groups is 1. The fourth-order valence-electron chi connectivity index (χ4n) is 1.38. The highest BCUT2D eigenvalue weighted by Crippen LogP contribution is 1.99. The number of nitrogens with two attached hydrogens (primary N) is 1. The van der Waals surface area contributed by atoms with E-state index in [1.807, 2.05) is 25.1 Å². The fraction of sp³-hybridized carbons (Fsp3) is 0.500. The summed E-state index contributed by atoms with van der Waals surface area (Å²) >= 11 is 0. The van der Waals surface area contributed by atoms with Crippen molar-refractivity contribution in [3.05, 3.63) is 30.1 Å². The van der Waals surface area contributed by atoms with Crippen LogP contribution in [0.2, 0.25) is 0 Å². The highest BCUT2D eigenvalue weighted by Gasteiger charge is 2.10. The standard InChI is InChI=1S/C12H19N3O/c1-10(13)9-12(16)15(2)8-6-11-5-3-4-7-14-11/h3-5,7,10H,6,8-9,13H2,1-2H3. The van der Waals surface area contributed by atoms with Crippen molar-refractivity contribution in [2.24, 2.45) is 5.73 Å². The third-order valence-electron chi connectivity index (χ3n) is 2.35. The Morgan fingerprint density at radius 2 is 2.31 bits per heavy atom. The first-order valence-corrected chi connectivity index (χ1v) is 5.49. The Bertz CT molecular complexity index is 324. The zero-order valence-corrected chi connectivity index (χ0v) is 9.89. The minimum absolute atomic E-state index is 0.0789. The normalized spacial score (nSPS) is 12.2. The van der Waals surface area contributed by atoms with Crippen molar-refractivity contribution in [3.63, 3.8) is 0 Å². The number of hydrogen-bond donors (Lipinski definition) is 1. The van der Waals surface area contributed by atoms with Crippen LogP contribution in [0, 0.1) is 0 Å². The van der Waals surface area contributed by atoms with Crippen LogP contribution in [-0.4, -0.2) is 35.4 Å². The molecule has 1 aromatic heterocycles. The summed E-state index contributed by atoms with van der Waals surface area (Å²) in [5, 5.41) is 0. The van der Waals surface area contributed by atoms with E-state index < -0.39 is 0 Å². The highest BCUT2D eigenvalue weighted by atomic mass is 16.2. The van der Waals surface area contributed by atoms with Gasteiger partial charge in [0.05, 0.1) is 0 Å². The first kappa shape index (κ1) is 12.6. The Balaban J connectivity index is 2.35. The maximum absolute atomic E-state index is 11.6. The van der Waals surface area contributed by atoms with Crippen molar-refractivity contribution in [2.75, 3.05) is 13.6 Å². The predicted octanol–water partition coefficient (Wildman–Crippen LogP) is 0.820. The molecule has 1 rings (SSSR count). The Kier molecular flexibility index (Phi) is 4.92. The first-order valence-electron chi connectivity index (χ1n) is 5.49. The van der Waals surface area contributed by atoms with E-state index in [-0.39, 0.29) is 11.9 Å². The molecule has 1 amide bonds. The molecule has 0 bridgehead atoms. The Morgan fingerprint density at radius 1 is 1.56 bits per heavy atom. The molecule has 1 heterocycles.